The van der Waals surface area contributed by atoms with Crippen LogP contribution in [0.5, 0.6) is 0 Å². The van der Waals surface area contributed by atoms with Crippen LogP contribution in [0.25, 0.3) is 0 Å². The number of carbonyl (C=O) groups is 5. The molecule has 11 unspecified atom stereocenters. The van der Waals surface area contributed by atoms with E-state index in [9.17, 15) is 94.4 Å². The zero-order valence-corrected chi connectivity index (χ0v) is 74.6. The molecule has 0 spiro atoms. The van der Waals surface area contributed by atoms with Crippen molar-refractivity contribution in [2.75, 3.05) is 141 Å². The van der Waals surface area contributed by atoms with Crippen molar-refractivity contribution >= 4 is 114 Å². The number of methoxy groups -OCH3 is 8. The van der Waals surface area contributed by atoms with E-state index in [0.29, 0.717) is 0 Å². The van der Waals surface area contributed by atoms with Crippen molar-refractivity contribution in [1.82, 2.24) is 43.5 Å². The predicted octanol–water partition coefficient (Wildman–Crippen LogP) is 1.16. The molecule has 55 nitrogen and oxygen atoms in total. The Kier molecular flexibility index (Phi) is 35.9. The standard InChI is InChI=1S/C28H40N6O19P4.C18H30N4O12P2.C14H23N3O11P2/c1-15(35)29-19-7-9-33(27(37)31-19)25-23(45-5)21(43-3)17(49-25)11-47-54(39)13-56(41)52-55(40,14-57(42,51-54)53-56)48-12-18-22(44-4)24(46-6)26(50-18)34-10-8-20(30-16(2)36)32-28(34)38;1-11(23)19-6-8-32-35(26,27)10-36(28,29)33-9-13-15(30-3)16(31-4)17(34-13)22-7-5-14(20-12(2)24)21-18(22)25;1-8(18)15-10-4-5-17(14(19)16-10)13-12(26-3)11(25-2)9(28-13)6-27-30(23,24)7-29(20,21)22/h7-10,17-18,21-26H,11-14H2,1-6H3,(H,29,31,35,37)(H,30,32,36,38);5,7,13,15-17H,6,8-10H2,1-4H3,(H,19,23)(H,26,27)(H,28,29)(H,20,21,24,25);4-5,9,11-13H,6-7H2,1-3H3,(H,23,24)(H2,20,21,22)(H,15,16,18,19)/t17-,18-,21+,22+,23?,24?,25-,26-,54?,55?,56?,57?;13-,15+,16?,17-;9-,11+,12?,13-/m111/s1. The molecule has 23 atom stereocenters. The van der Waals surface area contributed by atoms with Crippen molar-refractivity contribution in [3.05, 3.63) is 91.0 Å². The van der Waals surface area contributed by atoms with Crippen LogP contribution in [0.2, 0.25) is 0 Å². The summed E-state index contributed by atoms with van der Waals surface area (Å²) in [7, 11) is -26.7. The Labute approximate surface area is 696 Å². The second kappa shape index (κ2) is 43.2. The van der Waals surface area contributed by atoms with E-state index in [0.717, 1.165) is 18.3 Å². The highest BCUT2D eigenvalue weighted by molar-refractivity contribution is 7.91. The highest BCUT2D eigenvalue weighted by atomic mass is 31.3. The lowest BCUT2D eigenvalue weighted by Gasteiger charge is -2.39. The van der Waals surface area contributed by atoms with E-state index in [2.05, 4.69) is 46.5 Å². The molecule has 6 fully saturated rings. The Morgan fingerprint density at radius 3 is 0.902 bits per heavy atom. The van der Waals surface area contributed by atoms with Gasteiger partial charge in [-0.05, 0) is 24.3 Å². The van der Waals surface area contributed by atoms with E-state index in [1.54, 1.807) is 0 Å². The van der Waals surface area contributed by atoms with Gasteiger partial charge >= 0.3 is 83.5 Å². The molecule has 10 rings (SSSR count). The summed E-state index contributed by atoms with van der Waals surface area (Å²) in [6.07, 6.45) is -10.6. The maximum absolute atomic E-state index is 13.9. The zero-order valence-electron chi connectivity index (χ0n) is 67.4. The molecule has 123 heavy (non-hydrogen) atoms. The molecule has 0 aromatic carbocycles. The van der Waals surface area contributed by atoms with Crippen LogP contribution in [0, 0.1) is 0 Å². The summed E-state index contributed by atoms with van der Waals surface area (Å²) in [5.74, 6) is -6.81. The Hall–Kier alpha value is -6.29. The van der Waals surface area contributed by atoms with Crippen molar-refractivity contribution in [2.45, 2.75) is 133 Å². The third-order valence-electron chi connectivity index (χ3n) is 17.6. The van der Waals surface area contributed by atoms with Crippen LogP contribution in [0.3, 0.4) is 0 Å². The molecule has 0 aliphatic carbocycles. The maximum atomic E-state index is 13.9. The summed E-state index contributed by atoms with van der Waals surface area (Å²) in [6, 6.07) is 5.45. The number of nitrogens with zero attached hydrogens (tertiary/aromatic N) is 8. The lowest BCUT2D eigenvalue weighted by atomic mass is 10.1. The number of hydrogen-bond acceptors (Lipinski definition) is 41. The van der Waals surface area contributed by atoms with Gasteiger partial charge in [-0.2, -0.15) is 19.9 Å². The van der Waals surface area contributed by atoms with Crippen LogP contribution in [-0.2, 0) is 153 Å². The molecule has 63 heteroatoms. The van der Waals surface area contributed by atoms with Gasteiger partial charge in [0, 0.05) is 123 Å². The minimum atomic E-state index is -4.79. The zero-order chi connectivity index (χ0) is 91.3. The van der Waals surface area contributed by atoms with Crippen molar-refractivity contribution in [3.63, 3.8) is 0 Å². The number of amides is 5. The van der Waals surface area contributed by atoms with E-state index in [-0.39, 0.29) is 42.3 Å². The fourth-order valence-corrected chi connectivity index (χ4v) is 33.2. The number of nitrogens with one attached hydrogen (secondary N) is 5. The Morgan fingerprint density at radius 1 is 0.398 bits per heavy atom. The van der Waals surface area contributed by atoms with Gasteiger partial charge < -0.3 is 131 Å². The molecule has 690 valence electrons. The smallest absolute Gasteiger partial charge is 0.357 e. The Morgan fingerprint density at radius 2 is 0.659 bits per heavy atom. The molecule has 0 radical (unpaired) electrons. The summed E-state index contributed by atoms with van der Waals surface area (Å²) < 4.78 is 216. The average molecular weight is 1920 g/mol. The van der Waals surface area contributed by atoms with Crippen LogP contribution in [-0.4, -0.2) is 286 Å². The molecule has 10 heterocycles. The van der Waals surface area contributed by atoms with Crippen molar-refractivity contribution in [1.29, 1.82) is 0 Å². The van der Waals surface area contributed by atoms with Crippen molar-refractivity contribution < 1.29 is 177 Å². The van der Waals surface area contributed by atoms with Gasteiger partial charge in [0.1, 0.15) is 96.5 Å². The number of rotatable bonds is 36. The first-order valence-electron chi connectivity index (χ1n) is 35.8. The monoisotopic (exact) mass is 1920 g/mol. The molecule has 6 aliphatic heterocycles. The minimum absolute atomic E-state index is 0.000522. The second-order valence-corrected chi connectivity index (χ2v) is 44.7. The predicted molar refractivity (Wildman–Crippen MR) is 416 cm³/mol. The summed E-state index contributed by atoms with van der Waals surface area (Å²) in [4.78, 5) is 169. The van der Waals surface area contributed by atoms with E-state index in [4.69, 9.17) is 102 Å². The fraction of sp³-hybridized carbons (Fsp3) is 0.650. The van der Waals surface area contributed by atoms with Crippen LogP contribution in [0.15, 0.2) is 68.2 Å². The van der Waals surface area contributed by atoms with Gasteiger partial charge in [0.05, 0.1) is 33.0 Å². The first-order chi connectivity index (χ1) is 57.5. The van der Waals surface area contributed by atoms with Crippen molar-refractivity contribution in [3.8, 4) is 0 Å². The summed E-state index contributed by atoms with van der Waals surface area (Å²) in [5.41, 5.74) is -3.15. The van der Waals surface area contributed by atoms with Gasteiger partial charge in [0.25, 0.3) is 0 Å². The van der Waals surface area contributed by atoms with Gasteiger partial charge in [-0.1, -0.05) is 0 Å². The normalized spacial score (nSPS) is 31.1. The lowest BCUT2D eigenvalue weighted by molar-refractivity contribution is -0.119. The Bertz CT molecular complexity index is 4940. The van der Waals surface area contributed by atoms with Crippen LogP contribution < -0.4 is 49.3 Å². The molecule has 10 N–H and O–H groups in total. The average Bonchev–Trinajstić information content (AvgIpc) is 1.50. The van der Waals surface area contributed by atoms with E-state index in [1.807, 2.05) is 0 Å². The van der Waals surface area contributed by atoms with Gasteiger partial charge in [0.2, 0.25) is 29.5 Å². The van der Waals surface area contributed by atoms with Gasteiger partial charge in [-0.15, -0.1) is 0 Å². The lowest BCUT2D eigenvalue weighted by Crippen LogP contribution is -2.39. The SMILES string of the molecule is COC1[C@@H](OC)[C@@H](COP(=O)(O)CP(=O)(O)O)O[C@H]1n1ccc(NC(C)=O)nc1=O.COC1[C@@H](OC)[C@@H](COP(=O)(O)CP(=O)(O)OCCNC(C)=O)O[C@H]1n1ccc(NC(C)=O)nc1=O.COC1[C@@H](OC)[C@@H](COP2(=O)CP3(=O)OP(=O)(OC[C@H]4O[C@@H](n5ccc(NC(C)=O)nc5=O)C(OC)[C@H]4OC)CP(=O)(O2)O3)O[C@H]1n1ccc(NC(C)=O)nc1=O. The van der Waals surface area contributed by atoms with Crippen molar-refractivity contribution in [2.24, 2.45) is 0 Å². The van der Waals surface area contributed by atoms with E-state index >= 15 is 0 Å². The van der Waals surface area contributed by atoms with E-state index in [1.165, 1.54) is 141 Å². The van der Waals surface area contributed by atoms with Gasteiger partial charge in [0.15, 0.2) is 48.5 Å². The molecule has 0 saturated carbocycles. The first kappa shape index (κ1) is 102. The molecule has 2 bridgehead atoms. The molecular weight excluding hydrogens is 1820 g/mol. The second-order valence-electron chi connectivity index (χ2n) is 26.9. The molecule has 6 aliphatic rings. The number of ether oxygens (including phenoxy) is 12. The summed E-state index contributed by atoms with van der Waals surface area (Å²) in [5, 5.41) is 11.9. The van der Waals surface area contributed by atoms with Crippen LogP contribution in [0.4, 0.5) is 23.3 Å². The number of carbonyl (C=O) groups excluding carboxylic acids is 5. The third-order valence-corrected chi connectivity index (χ3v) is 37.7. The number of hydrogen-bond donors (Lipinski definition) is 10. The highest BCUT2D eigenvalue weighted by Gasteiger charge is 2.64. The number of anilines is 4. The first-order valence-corrected chi connectivity index (χ1v) is 49.8. The van der Waals surface area contributed by atoms with Gasteiger partial charge in [-0.3, -0.25) is 78.8 Å². The van der Waals surface area contributed by atoms with Crippen LogP contribution in [0.1, 0.15) is 59.5 Å². The maximum Gasteiger partial charge on any atom is 0.357 e. The van der Waals surface area contributed by atoms with Crippen LogP contribution >= 0.6 is 60.8 Å². The van der Waals surface area contributed by atoms with E-state index < -0.39 is 255 Å². The van der Waals surface area contributed by atoms with Gasteiger partial charge in [-0.25, -0.2) is 32.1 Å². The highest BCUT2D eigenvalue weighted by Crippen LogP contribution is 2.91. The molecule has 6 saturated heterocycles. The quantitative estimate of drug-likeness (QED) is 0.0226. The molecule has 4 aromatic heterocycles. The largest absolute Gasteiger partial charge is 0.376 e. The summed E-state index contributed by atoms with van der Waals surface area (Å²) in [6.45, 7) is 3.53. The number of aromatic nitrogens is 8. The molecule has 4 aromatic rings. The molecular formula is C60H93N13O42P8. The topological polar surface area (TPSA) is 707 Å². The Balaban J connectivity index is 0.000000245. The fourth-order valence-electron chi connectivity index (χ4n) is 12.9. The summed E-state index contributed by atoms with van der Waals surface area (Å²) >= 11 is 0. The molecule has 5 amide bonds. The number of fused-ring (bicyclic) bond motifs is 2. The minimum Gasteiger partial charge on any atom is -0.376 e. The third kappa shape index (κ3) is 27.9.